The van der Waals surface area contributed by atoms with Crippen LogP contribution in [0.3, 0.4) is 0 Å². The summed E-state index contributed by atoms with van der Waals surface area (Å²) in [4.78, 5) is 34.4. The van der Waals surface area contributed by atoms with Gasteiger partial charge in [-0.2, -0.15) is 0 Å². The van der Waals surface area contributed by atoms with Crippen LogP contribution < -0.4 is 11.2 Å². The number of aromatic amines is 2. The van der Waals surface area contributed by atoms with Gasteiger partial charge in [0.05, 0.1) is 6.04 Å². The van der Waals surface area contributed by atoms with Gasteiger partial charge in [-0.05, 0) is 46.0 Å². The zero-order valence-corrected chi connectivity index (χ0v) is 22.2. The SMILES string of the molecule is CCCc1nc2[nH]c(=O)n(C(C)c3ccccc3)c(=O)c2n1Cc1ccc(-c2ccccc2-c2nnn[nH]2)cc1. The lowest BCUT2D eigenvalue weighted by Crippen LogP contribution is -2.38. The number of aromatic nitrogens is 8. The van der Waals surface area contributed by atoms with E-state index in [0.29, 0.717) is 30.0 Å². The maximum Gasteiger partial charge on any atom is 0.330 e. The molecule has 0 saturated heterocycles. The van der Waals surface area contributed by atoms with E-state index in [2.05, 4.69) is 37.5 Å². The maximum absolute atomic E-state index is 13.8. The van der Waals surface area contributed by atoms with Crippen molar-refractivity contribution in [3.8, 4) is 22.5 Å². The number of hydrogen-bond acceptors (Lipinski definition) is 6. The first-order valence-electron chi connectivity index (χ1n) is 13.3. The van der Waals surface area contributed by atoms with Crippen LogP contribution in [0.5, 0.6) is 0 Å². The Morgan fingerprint density at radius 1 is 0.900 bits per heavy atom. The van der Waals surface area contributed by atoms with Crippen molar-refractivity contribution < 1.29 is 0 Å². The number of tetrazole rings is 1. The molecule has 0 aliphatic carbocycles. The molecule has 10 heteroatoms. The Bertz CT molecular complexity index is 1890. The van der Waals surface area contributed by atoms with E-state index in [1.54, 1.807) is 0 Å². The first-order valence-corrected chi connectivity index (χ1v) is 13.3. The van der Waals surface area contributed by atoms with E-state index in [9.17, 15) is 9.59 Å². The van der Waals surface area contributed by atoms with Crippen molar-refractivity contribution in [1.29, 1.82) is 0 Å². The van der Waals surface area contributed by atoms with Crippen LogP contribution in [0, 0.1) is 0 Å². The van der Waals surface area contributed by atoms with Crippen molar-refractivity contribution in [3.63, 3.8) is 0 Å². The summed E-state index contributed by atoms with van der Waals surface area (Å²) in [7, 11) is 0. The molecule has 0 aliphatic rings. The second kappa shape index (κ2) is 10.6. The van der Waals surface area contributed by atoms with Crippen LogP contribution in [-0.4, -0.2) is 39.7 Å². The van der Waals surface area contributed by atoms with Gasteiger partial charge in [-0.15, -0.1) is 5.10 Å². The van der Waals surface area contributed by atoms with Crippen molar-refractivity contribution in [2.45, 2.75) is 39.3 Å². The predicted molar refractivity (Wildman–Crippen MR) is 153 cm³/mol. The highest BCUT2D eigenvalue weighted by molar-refractivity contribution is 5.80. The number of H-pyrrole nitrogens is 2. The van der Waals surface area contributed by atoms with Gasteiger partial charge in [0.2, 0.25) is 0 Å². The second-order valence-electron chi connectivity index (χ2n) is 9.75. The lowest BCUT2D eigenvalue weighted by atomic mass is 9.98. The van der Waals surface area contributed by atoms with Crippen LogP contribution in [0.2, 0.25) is 0 Å². The molecule has 0 spiro atoms. The summed E-state index contributed by atoms with van der Waals surface area (Å²) in [5.41, 5.74) is 4.72. The highest BCUT2D eigenvalue weighted by Gasteiger charge is 2.21. The van der Waals surface area contributed by atoms with Crippen LogP contribution in [0.15, 0.2) is 88.5 Å². The number of imidazole rings is 1. The number of rotatable bonds is 8. The molecule has 0 fully saturated rings. The number of nitrogens with zero attached hydrogens (tertiary/aromatic N) is 6. The minimum absolute atomic E-state index is 0.321. The molecule has 3 heterocycles. The van der Waals surface area contributed by atoms with Gasteiger partial charge in [-0.3, -0.25) is 14.3 Å². The average Bonchev–Trinajstić information content (AvgIpc) is 3.63. The van der Waals surface area contributed by atoms with Gasteiger partial charge in [-0.1, -0.05) is 85.8 Å². The number of nitrogens with one attached hydrogen (secondary N) is 2. The first-order chi connectivity index (χ1) is 19.5. The highest BCUT2D eigenvalue weighted by atomic mass is 16.2. The number of hydrogen-bond donors (Lipinski definition) is 2. The molecule has 0 aliphatic heterocycles. The molecule has 6 aromatic rings. The van der Waals surface area contributed by atoms with Gasteiger partial charge < -0.3 is 4.57 Å². The Morgan fingerprint density at radius 3 is 2.33 bits per heavy atom. The van der Waals surface area contributed by atoms with E-state index < -0.39 is 11.7 Å². The van der Waals surface area contributed by atoms with E-state index in [4.69, 9.17) is 0 Å². The summed E-state index contributed by atoms with van der Waals surface area (Å²) in [6.45, 7) is 4.37. The van der Waals surface area contributed by atoms with Crippen LogP contribution in [0.4, 0.5) is 0 Å². The van der Waals surface area contributed by atoms with Crippen molar-refractivity contribution >= 4 is 11.2 Å². The molecule has 40 heavy (non-hydrogen) atoms. The summed E-state index contributed by atoms with van der Waals surface area (Å²) < 4.78 is 3.22. The molecule has 2 N–H and O–H groups in total. The minimum atomic E-state index is -0.466. The second-order valence-corrected chi connectivity index (χ2v) is 9.75. The van der Waals surface area contributed by atoms with Crippen molar-refractivity contribution in [3.05, 3.63) is 117 Å². The fraction of sp³-hybridized carbons (Fsp3) is 0.200. The van der Waals surface area contributed by atoms with Crippen molar-refractivity contribution in [1.82, 2.24) is 39.7 Å². The minimum Gasteiger partial charge on any atom is -0.318 e. The van der Waals surface area contributed by atoms with Crippen LogP contribution in [-0.2, 0) is 13.0 Å². The predicted octanol–water partition coefficient (Wildman–Crippen LogP) is 4.34. The summed E-state index contributed by atoms with van der Waals surface area (Å²) in [5, 5.41) is 14.3. The zero-order valence-electron chi connectivity index (χ0n) is 22.2. The van der Waals surface area contributed by atoms with Gasteiger partial charge in [-0.25, -0.2) is 14.9 Å². The molecule has 1 unspecified atom stereocenters. The van der Waals surface area contributed by atoms with Gasteiger partial charge >= 0.3 is 5.69 Å². The molecule has 10 nitrogen and oxygen atoms in total. The lowest BCUT2D eigenvalue weighted by molar-refractivity contribution is 0.581. The van der Waals surface area contributed by atoms with Crippen molar-refractivity contribution in [2.75, 3.05) is 0 Å². The fourth-order valence-corrected chi connectivity index (χ4v) is 5.18. The normalized spacial score (nSPS) is 12.2. The number of fused-ring (bicyclic) bond motifs is 1. The summed E-state index contributed by atoms with van der Waals surface area (Å²) in [6.07, 6.45) is 1.54. The molecule has 0 amide bonds. The molecule has 1 atom stereocenters. The number of benzene rings is 3. The molecular formula is C30H28N8O2. The first kappa shape index (κ1) is 25.2. The Labute approximate surface area is 229 Å². The number of aryl methyl sites for hydroxylation is 1. The van der Waals surface area contributed by atoms with E-state index >= 15 is 0 Å². The summed E-state index contributed by atoms with van der Waals surface area (Å²) >= 11 is 0. The third-order valence-corrected chi connectivity index (χ3v) is 7.19. The maximum atomic E-state index is 13.8. The molecule has 3 aromatic heterocycles. The van der Waals surface area contributed by atoms with Crippen molar-refractivity contribution in [2.24, 2.45) is 0 Å². The molecule has 6 rings (SSSR count). The molecule has 0 bridgehead atoms. The summed E-state index contributed by atoms with van der Waals surface area (Å²) in [5.74, 6) is 1.37. The van der Waals surface area contributed by atoms with E-state index in [0.717, 1.165) is 40.1 Å². The Kier molecular flexibility index (Phi) is 6.65. The lowest BCUT2D eigenvalue weighted by Gasteiger charge is -2.15. The van der Waals surface area contributed by atoms with E-state index in [1.807, 2.05) is 90.4 Å². The molecule has 200 valence electrons. The average molecular weight is 533 g/mol. The van der Waals surface area contributed by atoms with E-state index in [-0.39, 0.29) is 5.56 Å². The summed E-state index contributed by atoms with van der Waals surface area (Å²) in [6, 6.07) is 25.2. The topological polar surface area (TPSA) is 127 Å². The van der Waals surface area contributed by atoms with E-state index in [1.165, 1.54) is 4.57 Å². The van der Waals surface area contributed by atoms with Crippen LogP contribution in [0.25, 0.3) is 33.7 Å². The molecule has 3 aromatic carbocycles. The van der Waals surface area contributed by atoms with Crippen LogP contribution in [0.1, 0.15) is 43.3 Å². The monoisotopic (exact) mass is 532 g/mol. The third kappa shape index (κ3) is 4.53. The van der Waals surface area contributed by atoms with Gasteiger partial charge in [0.1, 0.15) is 5.82 Å². The third-order valence-electron chi connectivity index (χ3n) is 7.19. The molecule has 0 radical (unpaired) electrons. The highest BCUT2D eigenvalue weighted by Crippen LogP contribution is 2.30. The standard InChI is InChI=1S/C30H28N8O2/c1-3-9-25-31-28-26(29(39)38(30(40)32-28)19(2)21-10-5-4-6-11-21)37(25)18-20-14-16-22(17-15-20)23-12-7-8-13-24(23)27-33-35-36-34-27/h4-8,10-17,19H,3,9,18H2,1-2H3,(H,32,40)(H,33,34,35,36). The Balaban J connectivity index is 1.40. The van der Waals surface area contributed by atoms with Gasteiger partial charge in [0.15, 0.2) is 17.0 Å². The Morgan fingerprint density at radius 2 is 1.62 bits per heavy atom. The smallest absolute Gasteiger partial charge is 0.318 e. The molecule has 0 saturated carbocycles. The Hall–Kier alpha value is -5.12. The molecular weight excluding hydrogens is 504 g/mol. The fourth-order valence-electron chi connectivity index (χ4n) is 5.18. The zero-order chi connectivity index (χ0) is 27.6. The largest absolute Gasteiger partial charge is 0.330 e. The van der Waals surface area contributed by atoms with Crippen LogP contribution >= 0.6 is 0 Å². The quantitative estimate of drug-likeness (QED) is 0.300. The van der Waals surface area contributed by atoms with Gasteiger partial charge in [0, 0.05) is 18.5 Å². The van der Waals surface area contributed by atoms with Gasteiger partial charge in [0.25, 0.3) is 5.56 Å².